The van der Waals surface area contributed by atoms with Crippen molar-refractivity contribution in [2.45, 2.75) is 150 Å². The zero-order chi connectivity index (χ0) is 47.7. The monoisotopic (exact) mass is 910 g/mol. The number of H-pyrrole nitrogens is 1. The Hall–Kier alpha value is -5.30. The van der Waals surface area contributed by atoms with E-state index < -0.39 is 35.6 Å². The summed E-state index contributed by atoms with van der Waals surface area (Å²) in [5.41, 5.74) is 9.75. The number of nitrogens with zero attached hydrogens (tertiary/aromatic N) is 3. The Kier molecular flexibility index (Phi) is 14.7. The summed E-state index contributed by atoms with van der Waals surface area (Å²) in [5, 5.41) is 3.49. The first kappa shape index (κ1) is 48.6. The summed E-state index contributed by atoms with van der Waals surface area (Å²) in [4.78, 5) is 69.2. The number of carbonyl (C=O) groups excluding carboxylic acids is 5. The number of anilines is 1. The lowest BCUT2D eigenvalue weighted by Gasteiger charge is -2.43. The van der Waals surface area contributed by atoms with Crippen LogP contribution in [0.25, 0.3) is 10.9 Å². The van der Waals surface area contributed by atoms with Crippen LogP contribution in [0.1, 0.15) is 166 Å². The number of hydrogen-bond donors (Lipinski definition) is 2. The molecule has 354 valence electrons. The fraction of sp³-hybridized carbons (Fsp3) is 0.528. The molecule has 0 radical (unpaired) electrons. The molecule has 3 atom stereocenters. The number of aromatic amines is 1. The number of halogens is 3. The molecular formula is C53H66F3N5O5. The smallest absolute Gasteiger partial charge is 0.262 e. The van der Waals surface area contributed by atoms with Gasteiger partial charge in [-0.15, -0.1) is 0 Å². The summed E-state index contributed by atoms with van der Waals surface area (Å²) in [6, 6.07) is 15.1. The Morgan fingerprint density at radius 3 is 2.06 bits per heavy atom. The topological polar surface area (TPSA) is 123 Å². The van der Waals surface area contributed by atoms with Crippen molar-refractivity contribution < 1.29 is 37.1 Å². The first-order chi connectivity index (χ1) is 31.3. The van der Waals surface area contributed by atoms with Crippen LogP contribution in [0.3, 0.4) is 0 Å². The SMILES string of the molecule is CC(=O)CN1Cc2cc3c(cc2C1)C(=O)N(C1CCC(=O)NC1=O)C3=O.CCC(C)(F)F.CCCC1(CCC)CCN(c2cc(C)c(C3C[C@H](C)Cc4c3[nH]c3ccccc43)c(F)c2)CC1. The molecule has 5 aliphatic rings. The second kappa shape index (κ2) is 19.9. The van der Waals surface area contributed by atoms with E-state index in [-0.39, 0.29) is 47.9 Å². The molecule has 1 aliphatic carbocycles. The van der Waals surface area contributed by atoms with Gasteiger partial charge in [0.05, 0.1) is 17.7 Å². The Labute approximate surface area is 387 Å². The van der Waals surface area contributed by atoms with E-state index in [4.69, 9.17) is 0 Å². The molecule has 13 heteroatoms. The molecule has 0 saturated carbocycles. The van der Waals surface area contributed by atoms with Crippen molar-refractivity contribution in [2.24, 2.45) is 11.3 Å². The number of carbonyl (C=O) groups is 5. The van der Waals surface area contributed by atoms with Crippen LogP contribution in [-0.2, 0) is 33.9 Å². The number of amides is 4. The van der Waals surface area contributed by atoms with Gasteiger partial charge in [-0.05, 0) is 135 Å². The standard InChI is InChI=1S/C31H41FN2.C18H17N3O5.C4H8F2/c1-5-11-31(12-6-2)13-15-34(16-14-31)23-19-22(4)29(27(32)20-23)26-18-21(3)17-25-24-9-7-8-10-28(24)33-30(25)26;1-9(22)6-20-7-10-4-12-13(5-11(10)8-20)18(26)21(17(12)25)14-2-3-15(23)19-16(14)24;1-3-4(2,5)6/h7-10,19-21,26,33H,5-6,11-18H2,1-4H3;4-5,14H,2-3,6-8H2,1H3,(H,19,23,24);3H2,1-2H3/t21-,26?;;/m1../s1. The number of aromatic nitrogens is 1. The van der Waals surface area contributed by atoms with Gasteiger partial charge in [0.2, 0.25) is 17.7 Å². The molecule has 2 fully saturated rings. The zero-order valence-electron chi connectivity index (χ0n) is 39.7. The molecule has 4 amide bonds. The molecule has 4 aliphatic heterocycles. The minimum Gasteiger partial charge on any atom is -0.371 e. The molecule has 1 aromatic heterocycles. The Bertz CT molecular complexity index is 2430. The highest BCUT2D eigenvalue weighted by Crippen LogP contribution is 2.46. The molecule has 10 nitrogen and oxygen atoms in total. The van der Waals surface area contributed by atoms with Gasteiger partial charge >= 0.3 is 0 Å². The quantitative estimate of drug-likeness (QED) is 0.152. The lowest BCUT2D eigenvalue weighted by molar-refractivity contribution is -0.136. The highest BCUT2D eigenvalue weighted by atomic mass is 19.3. The minimum atomic E-state index is -2.46. The second-order valence-corrected chi connectivity index (χ2v) is 19.7. The van der Waals surface area contributed by atoms with Crippen LogP contribution in [0.4, 0.5) is 18.9 Å². The maximum absolute atomic E-state index is 15.9. The molecule has 9 rings (SSSR count). The second-order valence-electron chi connectivity index (χ2n) is 19.7. The number of alkyl halides is 2. The largest absolute Gasteiger partial charge is 0.371 e. The van der Waals surface area contributed by atoms with Gasteiger partial charge in [0.25, 0.3) is 11.8 Å². The van der Waals surface area contributed by atoms with Crippen molar-refractivity contribution in [1.29, 1.82) is 0 Å². The number of imide groups is 2. The van der Waals surface area contributed by atoms with E-state index in [0.29, 0.717) is 31.0 Å². The van der Waals surface area contributed by atoms with Crippen molar-refractivity contribution in [3.8, 4) is 0 Å². The molecule has 4 aromatic rings. The number of nitrogens with one attached hydrogen (secondary N) is 2. The number of fused-ring (bicyclic) bond motifs is 5. The van der Waals surface area contributed by atoms with Gasteiger partial charge in [0.1, 0.15) is 17.6 Å². The fourth-order valence-corrected chi connectivity index (χ4v) is 11.1. The number of aryl methyl sites for hydroxylation is 1. The highest BCUT2D eigenvalue weighted by Gasteiger charge is 2.45. The van der Waals surface area contributed by atoms with Crippen LogP contribution in [0.5, 0.6) is 0 Å². The molecule has 5 heterocycles. The minimum absolute atomic E-state index is 0.0299. The number of benzene rings is 3. The van der Waals surface area contributed by atoms with E-state index in [1.807, 2.05) is 11.0 Å². The van der Waals surface area contributed by atoms with E-state index in [1.54, 1.807) is 12.1 Å². The summed E-state index contributed by atoms with van der Waals surface area (Å²) in [5.74, 6) is -3.81. The van der Waals surface area contributed by atoms with Crippen LogP contribution < -0.4 is 10.2 Å². The highest BCUT2D eigenvalue weighted by molar-refractivity contribution is 6.23. The Morgan fingerprint density at radius 2 is 1.52 bits per heavy atom. The number of Topliss-reactive ketones (excluding diaryl/α,β-unsaturated/α-hetero) is 1. The molecule has 0 bridgehead atoms. The van der Waals surface area contributed by atoms with E-state index in [1.165, 1.54) is 74.5 Å². The first-order valence-corrected chi connectivity index (χ1v) is 24.0. The average Bonchev–Trinajstić information content (AvgIpc) is 3.90. The number of ketones is 1. The van der Waals surface area contributed by atoms with Gasteiger partial charge in [-0.1, -0.05) is 58.7 Å². The lowest BCUT2D eigenvalue weighted by atomic mass is 9.72. The van der Waals surface area contributed by atoms with Crippen LogP contribution in [-0.4, -0.2) is 75.8 Å². The molecular weight excluding hydrogens is 844 g/mol. The van der Waals surface area contributed by atoms with Gasteiger partial charge in [-0.2, -0.15) is 0 Å². The molecule has 2 N–H and O–H groups in total. The summed E-state index contributed by atoms with van der Waals surface area (Å²) < 4.78 is 38.8. The van der Waals surface area contributed by atoms with Crippen LogP contribution >= 0.6 is 0 Å². The van der Waals surface area contributed by atoms with Crippen molar-refractivity contribution in [3.63, 3.8) is 0 Å². The van der Waals surface area contributed by atoms with Crippen LogP contribution in [0.2, 0.25) is 0 Å². The third-order valence-corrected chi connectivity index (χ3v) is 14.4. The van der Waals surface area contributed by atoms with Crippen molar-refractivity contribution in [2.75, 3.05) is 24.5 Å². The molecule has 2 saturated heterocycles. The van der Waals surface area contributed by atoms with E-state index in [0.717, 1.165) is 65.7 Å². The van der Waals surface area contributed by atoms with E-state index in [2.05, 4.69) is 73.2 Å². The van der Waals surface area contributed by atoms with Crippen molar-refractivity contribution in [1.82, 2.24) is 20.1 Å². The summed E-state index contributed by atoms with van der Waals surface area (Å²) in [7, 11) is 0. The zero-order valence-corrected chi connectivity index (χ0v) is 39.7. The Morgan fingerprint density at radius 1 is 0.909 bits per heavy atom. The average molecular weight is 910 g/mol. The molecule has 66 heavy (non-hydrogen) atoms. The predicted molar refractivity (Wildman–Crippen MR) is 251 cm³/mol. The van der Waals surface area contributed by atoms with Crippen molar-refractivity contribution in [3.05, 3.63) is 99.0 Å². The maximum Gasteiger partial charge on any atom is 0.262 e. The van der Waals surface area contributed by atoms with Gasteiger partial charge in [-0.3, -0.25) is 39.1 Å². The third kappa shape index (κ3) is 10.3. The normalized spacial score (nSPS) is 21.4. The van der Waals surface area contributed by atoms with Gasteiger partial charge in [0, 0.05) is 67.2 Å². The summed E-state index contributed by atoms with van der Waals surface area (Å²) in [6.07, 6.45) is 9.88. The molecule has 2 unspecified atom stereocenters. The summed E-state index contributed by atoms with van der Waals surface area (Å²) in [6.45, 7) is 16.4. The Balaban J connectivity index is 0.000000180. The predicted octanol–water partition coefficient (Wildman–Crippen LogP) is 10.6. The van der Waals surface area contributed by atoms with E-state index in [9.17, 15) is 32.8 Å². The van der Waals surface area contributed by atoms with Gasteiger partial charge in [0.15, 0.2) is 0 Å². The van der Waals surface area contributed by atoms with Gasteiger partial charge < -0.3 is 9.88 Å². The fourth-order valence-electron chi connectivity index (χ4n) is 11.1. The lowest BCUT2D eigenvalue weighted by Crippen LogP contribution is -2.54. The first-order valence-electron chi connectivity index (χ1n) is 24.0. The summed E-state index contributed by atoms with van der Waals surface area (Å²) >= 11 is 0. The number of piperidine rings is 2. The number of hydrogen-bond acceptors (Lipinski definition) is 7. The number of para-hydroxylation sites is 1. The van der Waals surface area contributed by atoms with E-state index >= 15 is 4.39 Å². The van der Waals surface area contributed by atoms with Gasteiger partial charge in [-0.25, -0.2) is 13.2 Å². The number of rotatable bonds is 10. The molecule has 3 aromatic carbocycles. The van der Waals surface area contributed by atoms with Crippen LogP contribution in [0, 0.1) is 24.1 Å². The third-order valence-electron chi connectivity index (χ3n) is 14.4. The maximum atomic E-state index is 15.9. The van der Waals surface area contributed by atoms with Crippen LogP contribution in [0.15, 0.2) is 48.5 Å². The molecule has 0 spiro atoms. The van der Waals surface area contributed by atoms with Crippen molar-refractivity contribution >= 4 is 46.0 Å².